The van der Waals surface area contributed by atoms with Gasteiger partial charge in [-0.3, -0.25) is 4.68 Å². The highest BCUT2D eigenvalue weighted by Crippen LogP contribution is 2.29. The standard InChI is InChI=1S/C15H17FN2O/c16-15-8-4-1-5-12(15)11-19-14-9-17-18(10-14)13-6-2-3-7-13/h1,4-5,8-10,13H,2-3,6-7,11H2. The number of halogens is 1. The molecule has 0 spiro atoms. The van der Waals surface area contributed by atoms with Crippen molar-refractivity contribution in [3.8, 4) is 5.75 Å². The highest BCUT2D eigenvalue weighted by molar-refractivity contribution is 5.18. The second-order valence-electron chi connectivity index (χ2n) is 4.97. The van der Waals surface area contributed by atoms with E-state index in [1.54, 1.807) is 18.3 Å². The van der Waals surface area contributed by atoms with Gasteiger partial charge in [-0.2, -0.15) is 5.10 Å². The Bertz CT molecular complexity index is 547. The Morgan fingerprint density at radius 2 is 2.05 bits per heavy atom. The van der Waals surface area contributed by atoms with E-state index in [1.165, 1.54) is 31.7 Å². The first-order valence-electron chi connectivity index (χ1n) is 6.73. The molecule has 0 N–H and O–H groups in total. The Balaban J connectivity index is 1.63. The predicted octanol–water partition coefficient (Wildman–Crippen LogP) is 3.72. The zero-order valence-corrected chi connectivity index (χ0v) is 10.8. The van der Waals surface area contributed by atoms with Gasteiger partial charge in [0.25, 0.3) is 0 Å². The highest BCUT2D eigenvalue weighted by atomic mass is 19.1. The van der Waals surface area contributed by atoms with Crippen molar-refractivity contribution in [1.82, 2.24) is 9.78 Å². The Kier molecular flexibility index (Phi) is 3.49. The molecule has 0 radical (unpaired) electrons. The zero-order valence-electron chi connectivity index (χ0n) is 10.8. The quantitative estimate of drug-likeness (QED) is 0.837. The van der Waals surface area contributed by atoms with E-state index in [1.807, 2.05) is 16.9 Å². The van der Waals surface area contributed by atoms with E-state index in [4.69, 9.17) is 4.74 Å². The van der Waals surface area contributed by atoms with E-state index in [9.17, 15) is 4.39 Å². The van der Waals surface area contributed by atoms with Gasteiger partial charge in [0.1, 0.15) is 12.4 Å². The van der Waals surface area contributed by atoms with Crippen LogP contribution in [0.4, 0.5) is 4.39 Å². The lowest BCUT2D eigenvalue weighted by molar-refractivity contribution is 0.299. The summed E-state index contributed by atoms with van der Waals surface area (Å²) in [5, 5.41) is 4.33. The number of aromatic nitrogens is 2. The van der Waals surface area contributed by atoms with Crippen LogP contribution < -0.4 is 4.74 Å². The predicted molar refractivity (Wildman–Crippen MR) is 70.5 cm³/mol. The van der Waals surface area contributed by atoms with Crippen LogP contribution in [0.1, 0.15) is 37.3 Å². The molecule has 0 amide bonds. The lowest BCUT2D eigenvalue weighted by Gasteiger charge is -2.08. The molecule has 1 aliphatic rings. The van der Waals surface area contributed by atoms with Gasteiger partial charge in [-0.25, -0.2) is 4.39 Å². The van der Waals surface area contributed by atoms with Crippen molar-refractivity contribution in [3.05, 3.63) is 48.0 Å². The summed E-state index contributed by atoms with van der Waals surface area (Å²) in [6.07, 6.45) is 8.55. The minimum Gasteiger partial charge on any atom is -0.486 e. The topological polar surface area (TPSA) is 27.1 Å². The van der Waals surface area contributed by atoms with Gasteiger partial charge in [0.2, 0.25) is 0 Å². The van der Waals surface area contributed by atoms with E-state index in [0.29, 0.717) is 17.4 Å². The van der Waals surface area contributed by atoms with Gasteiger partial charge in [-0.05, 0) is 18.9 Å². The summed E-state index contributed by atoms with van der Waals surface area (Å²) in [4.78, 5) is 0. The molecule has 0 saturated heterocycles. The first-order valence-corrected chi connectivity index (χ1v) is 6.73. The molecule has 1 aliphatic carbocycles. The number of rotatable bonds is 4. The first kappa shape index (κ1) is 12.2. The summed E-state index contributed by atoms with van der Waals surface area (Å²) in [6.45, 7) is 0.239. The molecular formula is C15H17FN2O. The average Bonchev–Trinajstić information content (AvgIpc) is 3.09. The maximum atomic E-state index is 13.4. The minimum absolute atomic E-state index is 0.231. The molecule has 3 rings (SSSR count). The second-order valence-corrected chi connectivity index (χ2v) is 4.97. The monoisotopic (exact) mass is 260 g/mol. The van der Waals surface area contributed by atoms with Gasteiger partial charge in [0, 0.05) is 5.56 Å². The van der Waals surface area contributed by atoms with Crippen molar-refractivity contribution in [3.63, 3.8) is 0 Å². The Labute approximate surface area is 112 Å². The smallest absolute Gasteiger partial charge is 0.157 e. The van der Waals surface area contributed by atoms with Gasteiger partial charge in [-0.1, -0.05) is 31.0 Å². The molecular weight excluding hydrogens is 243 g/mol. The average molecular weight is 260 g/mol. The molecule has 0 bridgehead atoms. The van der Waals surface area contributed by atoms with E-state index >= 15 is 0 Å². The summed E-state index contributed by atoms with van der Waals surface area (Å²) in [5.74, 6) is 0.473. The molecule has 1 heterocycles. The Morgan fingerprint density at radius 3 is 2.84 bits per heavy atom. The molecule has 19 heavy (non-hydrogen) atoms. The fourth-order valence-electron chi connectivity index (χ4n) is 2.54. The molecule has 0 aliphatic heterocycles. The fourth-order valence-corrected chi connectivity index (χ4v) is 2.54. The van der Waals surface area contributed by atoms with Crippen LogP contribution in [-0.4, -0.2) is 9.78 Å². The molecule has 1 aromatic heterocycles. The van der Waals surface area contributed by atoms with Gasteiger partial charge >= 0.3 is 0 Å². The van der Waals surface area contributed by atoms with Crippen LogP contribution in [-0.2, 0) is 6.61 Å². The lowest BCUT2D eigenvalue weighted by atomic mass is 10.2. The van der Waals surface area contributed by atoms with Crippen molar-refractivity contribution < 1.29 is 9.13 Å². The van der Waals surface area contributed by atoms with Crippen LogP contribution in [0, 0.1) is 5.82 Å². The lowest BCUT2D eigenvalue weighted by Crippen LogP contribution is -2.04. The van der Waals surface area contributed by atoms with Crippen LogP contribution >= 0.6 is 0 Å². The molecule has 0 atom stereocenters. The first-order chi connectivity index (χ1) is 9.33. The number of ether oxygens (including phenoxy) is 1. The molecule has 0 unspecified atom stereocenters. The van der Waals surface area contributed by atoms with Crippen molar-refractivity contribution in [1.29, 1.82) is 0 Å². The van der Waals surface area contributed by atoms with Crippen molar-refractivity contribution in [2.24, 2.45) is 0 Å². The Morgan fingerprint density at radius 1 is 1.26 bits per heavy atom. The molecule has 3 nitrogen and oxygen atoms in total. The minimum atomic E-state index is -0.231. The fraction of sp³-hybridized carbons (Fsp3) is 0.400. The largest absolute Gasteiger partial charge is 0.486 e. The highest BCUT2D eigenvalue weighted by Gasteiger charge is 2.17. The summed E-state index contributed by atoms with van der Waals surface area (Å²) in [5.41, 5.74) is 0.566. The van der Waals surface area contributed by atoms with Crippen LogP contribution in [0.2, 0.25) is 0 Å². The van der Waals surface area contributed by atoms with Crippen molar-refractivity contribution in [2.75, 3.05) is 0 Å². The van der Waals surface area contributed by atoms with Crippen molar-refractivity contribution >= 4 is 0 Å². The number of hydrogen-bond donors (Lipinski definition) is 0. The van der Waals surface area contributed by atoms with Crippen LogP contribution in [0.5, 0.6) is 5.75 Å². The van der Waals surface area contributed by atoms with E-state index in [0.717, 1.165) is 0 Å². The molecule has 1 aromatic carbocycles. The molecule has 1 saturated carbocycles. The normalized spacial score (nSPS) is 15.8. The second kappa shape index (κ2) is 5.43. The van der Waals surface area contributed by atoms with Gasteiger partial charge in [-0.15, -0.1) is 0 Å². The molecule has 2 aromatic rings. The van der Waals surface area contributed by atoms with Crippen LogP contribution in [0.3, 0.4) is 0 Å². The third-order valence-electron chi connectivity index (χ3n) is 3.63. The number of hydrogen-bond acceptors (Lipinski definition) is 2. The molecule has 4 heteroatoms. The SMILES string of the molecule is Fc1ccccc1COc1cnn(C2CCCC2)c1. The van der Waals surface area contributed by atoms with E-state index in [2.05, 4.69) is 5.10 Å². The maximum Gasteiger partial charge on any atom is 0.157 e. The third-order valence-corrected chi connectivity index (χ3v) is 3.63. The summed E-state index contributed by atoms with van der Waals surface area (Å²) in [7, 11) is 0. The maximum absolute atomic E-state index is 13.4. The van der Waals surface area contributed by atoms with E-state index < -0.39 is 0 Å². The summed E-state index contributed by atoms with van der Waals surface area (Å²) in [6, 6.07) is 7.17. The third kappa shape index (κ3) is 2.78. The number of nitrogens with zero attached hydrogens (tertiary/aromatic N) is 2. The van der Waals surface area contributed by atoms with E-state index in [-0.39, 0.29) is 12.4 Å². The molecule has 1 fully saturated rings. The van der Waals surface area contributed by atoms with Crippen molar-refractivity contribution in [2.45, 2.75) is 38.3 Å². The van der Waals surface area contributed by atoms with Gasteiger partial charge in [0.15, 0.2) is 5.75 Å². The summed E-state index contributed by atoms with van der Waals surface area (Å²) >= 11 is 0. The molecule has 100 valence electrons. The number of benzene rings is 1. The summed E-state index contributed by atoms with van der Waals surface area (Å²) < 4.78 is 21.0. The Hall–Kier alpha value is -1.84. The zero-order chi connectivity index (χ0) is 13.1. The van der Waals surface area contributed by atoms with Crippen LogP contribution in [0.15, 0.2) is 36.7 Å². The van der Waals surface area contributed by atoms with Gasteiger partial charge in [0.05, 0.1) is 18.4 Å². The van der Waals surface area contributed by atoms with Crippen LogP contribution in [0.25, 0.3) is 0 Å². The van der Waals surface area contributed by atoms with Gasteiger partial charge < -0.3 is 4.74 Å².